The topological polar surface area (TPSA) is 101 Å². The third kappa shape index (κ3) is 3.44. The van der Waals surface area contributed by atoms with Crippen molar-refractivity contribution in [1.29, 1.82) is 0 Å². The average molecular weight is 299 g/mol. The van der Waals surface area contributed by atoms with Gasteiger partial charge in [-0.2, -0.15) is 0 Å². The van der Waals surface area contributed by atoms with Crippen molar-refractivity contribution in [2.45, 2.75) is 31.4 Å². The van der Waals surface area contributed by atoms with E-state index in [1.54, 1.807) is 4.90 Å². The first kappa shape index (κ1) is 15.6. The summed E-state index contributed by atoms with van der Waals surface area (Å²) in [7, 11) is 1.47. The monoisotopic (exact) mass is 299 g/mol. The van der Waals surface area contributed by atoms with Crippen LogP contribution in [0.25, 0.3) is 0 Å². The van der Waals surface area contributed by atoms with E-state index in [2.05, 4.69) is 0 Å². The molecule has 0 saturated carbocycles. The molecule has 0 radical (unpaired) electrons. The standard InChI is InChI=1S/C13H21N3O5/c1-14(8-11(18)15-4-2-3-5-15)13(21)16-7-9(17)6-10(16)12(19)20/h9-10,17H,2-8H2,1H3,(H,19,20)/t9-,10-/m1/s1. The highest BCUT2D eigenvalue weighted by Gasteiger charge is 2.40. The van der Waals surface area contributed by atoms with E-state index in [1.807, 2.05) is 0 Å². The first-order chi connectivity index (χ1) is 9.90. The molecule has 2 N–H and O–H groups in total. The Bertz CT molecular complexity index is 436. The molecule has 0 aromatic heterocycles. The lowest BCUT2D eigenvalue weighted by atomic mass is 10.2. The number of likely N-dealkylation sites (N-methyl/N-ethyl adjacent to an activating group) is 1. The van der Waals surface area contributed by atoms with E-state index in [1.165, 1.54) is 11.9 Å². The quantitative estimate of drug-likeness (QED) is 0.709. The summed E-state index contributed by atoms with van der Waals surface area (Å²) in [6.07, 6.45) is 1.14. The summed E-state index contributed by atoms with van der Waals surface area (Å²) < 4.78 is 0. The molecule has 0 spiro atoms. The first-order valence-electron chi connectivity index (χ1n) is 7.10. The summed E-state index contributed by atoms with van der Waals surface area (Å²) in [6, 6.07) is -1.57. The van der Waals surface area contributed by atoms with Gasteiger partial charge < -0.3 is 24.9 Å². The predicted octanol–water partition coefficient (Wildman–Crippen LogP) is -0.820. The Balaban J connectivity index is 1.94. The van der Waals surface area contributed by atoms with E-state index in [0.29, 0.717) is 13.1 Å². The number of hydrogen-bond donors (Lipinski definition) is 2. The van der Waals surface area contributed by atoms with Crippen molar-refractivity contribution in [1.82, 2.24) is 14.7 Å². The van der Waals surface area contributed by atoms with E-state index in [4.69, 9.17) is 5.11 Å². The summed E-state index contributed by atoms with van der Waals surface area (Å²) in [4.78, 5) is 39.4. The van der Waals surface area contributed by atoms with Gasteiger partial charge in [0.15, 0.2) is 0 Å². The fourth-order valence-corrected chi connectivity index (χ4v) is 2.82. The SMILES string of the molecule is CN(CC(=O)N1CCCC1)C(=O)N1C[C@H](O)C[C@@H]1C(=O)O. The number of aliphatic hydroxyl groups is 1. The number of likely N-dealkylation sites (tertiary alicyclic amines) is 2. The van der Waals surface area contributed by atoms with Gasteiger partial charge in [-0.05, 0) is 12.8 Å². The smallest absolute Gasteiger partial charge is 0.326 e. The van der Waals surface area contributed by atoms with Crippen LogP contribution in [-0.4, -0.2) is 88.2 Å². The molecule has 2 rings (SSSR count). The van der Waals surface area contributed by atoms with Crippen LogP contribution in [-0.2, 0) is 9.59 Å². The van der Waals surface area contributed by atoms with Gasteiger partial charge in [0.2, 0.25) is 5.91 Å². The highest BCUT2D eigenvalue weighted by Crippen LogP contribution is 2.19. The molecule has 0 aromatic carbocycles. The number of aliphatic hydroxyl groups excluding tert-OH is 1. The Labute approximate surface area is 122 Å². The second kappa shape index (κ2) is 6.30. The van der Waals surface area contributed by atoms with E-state index >= 15 is 0 Å². The lowest BCUT2D eigenvalue weighted by Crippen LogP contribution is -2.49. The van der Waals surface area contributed by atoms with Crippen molar-refractivity contribution in [3.05, 3.63) is 0 Å². The maximum atomic E-state index is 12.3. The molecule has 0 unspecified atom stereocenters. The van der Waals surface area contributed by atoms with Gasteiger partial charge in [0.1, 0.15) is 12.6 Å². The molecule has 0 bridgehead atoms. The fraction of sp³-hybridized carbons (Fsp3) is 0.769. The number of β-amino-alcohol motifs (C(OH)–C–C–N with tert-alkyl or cyclic N) is 1. The molecule has 2 atom stereocenters. The molecule has 2 heterocycles. The van der Waals surface area contributed by atoms with E-state index in [0.717, 1.165) is 17.7 Å². The minimum absolute atomic E-state index is 0.0158. The minimum Gasteiger partial charge on any atom is -0.480 e. The maximum Gasteiger partial charge on any atom is 0.326 e. The number of carboxylic acids is 1. The largest absolute Gasteiger partial charge is 0.480 e. The number of carbonyl (C=O) groups excluding carboxylic acids is 2. The summed E-state index contributed by atoms with van der Waals surface area (Å²) in [5.41, 5.74) is 0. The molecule has 0 aromatic rings. The number of hydrogen-bond acceptors (Lipinski definition) is 4. The molecular weight excluding hydrogens is 278 g/mol. The zero-order valence-corrected chi connectivity index (χ0v) is 12.1. The minimum atomic E-state index is -1.14. The van der Waals surface area contributed by atoms with Gasteiger partial charge in [-0.1, -0.05) is 0 Å². The molecule has 0 aliphatic carbocycles. The van der Waals surface area contributed by atoms with Crippen LogP contribution >= 0.6 is 0 Å². The second-order valence-electron chi connectivity index (χ2n) is 5.62. The fourth-order valence-electron chi connectivity index (χ4n) is 2.82. The Morgan fingerprint density at radius 3 is 2.43 bits per heavy atom. The van der Waals surface area contributed by atoms with Crippen molar-refractivity contribution in [2.24, 2.45) is 0 Å². The number of rotatable bonds is 3. The summed E-state index contributed by atoms with van der Waals surface area (Å²) >= 11 is 0. The molecule has 3 amide bonds. The molecule has 2 saturated heterocycles. The van der Waals surface area contributed by atoms with Gasteiger partial charge in [-0.15, -0.1) is 0 Å². The van der Waals surface area contributed by atoms with Crippen LogP contribution in [0.15, 0.2) is 0 Å². The number of urea groups is 1. The molecule has 21 heavy (non-hydrogen) atoms. The van der Waals surface area contributed by atoms with Crippen LogP contribution in [0.1, 0.15) is 19.3 Å². The Morgan fingerprint density at radius 2 is 1.86 bits per heavy atom. The molecule has 8 heteroatoms. The number of amides is 3. The highest BCUT2D eigenvalue weighted by molar-refractivity contribution is 5.87. The van der Waals surface area contributed by atoms with Gasteiger partial charge in [0.25, 0.3) is 0 Å². The summed E-state index contributed by atoms with van der Waals surface area (Å²) in [5.74, 6) is -1.27. The van der Waals surface area contributed by atoms with Gasteiger partial charge in [-0.3, -0.25) is 4.79 Å². The number of carbonyl (C=O) groups is 3. The molecule has 2 fully saturated rings. The molecule has 2 aliphatic rings. The number of nitrogens with zero attached hydrogens (tertiary/aromatic N) is 3. The number of aliphatic carboxylic acids is 1. The van der Waals surface area contributed by atoms with Crippen LogP contribution in [0.5, 0.6) is 0 Å². The predicted molar refractivity (Wildman–Crippen MR) is 72.6 cm³/mol. The van der Waals surface area contributed by atoms with Crippen molar-refractivity contribution < 1.29 is 24.6 Å². The maximum absolute atomic E-state index is 12.3. The van der Waals surface area contributed by atoms with Gasteiger partial charge in [-0.25, -0.2) is 9.59 Å². The Morgan fingerprint density at radius 1 is 1.24 bits per heavy atom. The van der Waals surface area contributed by atoms with E-state index < -0.39 is 24.1 Å². The zero-order valence-electron chi connectivity index (χ0n) is 12.1. The zero-order chi connectivity index (χ0) is 15.6. The third-order valence-electron chi connectivity index (χ3n) is 3.97. The van der Waals surface area contributed by atoms with Crippen LogP contribution < -0.4 is 0 Å². The van der Waals surface area contributed by atoms with Crippen molar-refractivity contribution in [3.8, 4) is 0 Å². The van der Waals surface area contributed by atoms with Gasteiger partial charge in [0, 0.05) is 33.1 Å². The van der Waals surface area contributed by atoms with Crippen LogP contribution in [0, 0.1) is 0 Å². The molecule has 2 aliphatic heterocycles. The van der Waals surface area contributed by atoms with E-state index in [9.17, 15) is 19.5 Å². The lowest BCUT2D eigenvalue weighted by molar-refractivity contribution is -0.141. The van der Waals surface area contributed by atoms with Crippen LogP contribution in [0.3, 0.4) is 0 Å². The van der Waals surface area contributed by atoms with Crippen molar-refractivity contribution in [3.63, 3.8) is 0 Å². The van der Waals surface area contributed by atoms with Gasteiger partial charge >= 0.3 is 12.0 Å². The van der Waals surface area contributed by atoms with Crippen LogP contribution in [0.4, 0.5) is 4.79 Å². The van der Waals surface area contributed by atoms with Crippen LogP contribution in [0.2, 0.25) is 0 Å². The summed E-state index contributed by atoms with van der Waals surface area (Å²) in [5, 5.41) is 18.6. The van der Waals surface area contributed by atoms with Crippen molar-refractivity contribution >= 4 is 17.9 Å². The normalized spacial score (nSPS) is 25.2. The first-order valence-corrected chi connectivity index (χ1v) is 7.10. The average Bonchev–Trinajstić information content (AvgIpc) is 3.06. The molecular formula is C13H21N3O5. The summed E-state index contributed by atoms with van der Waals surface area (Å²) in [6.45, 7) is 1.33. The van der Waals surface area contributed by atoms with E-state index in [-0.39, 0.29) is 25.4 Å². The third-order valence-corrected chi connectivity index (χ3v) is 3.97. The molecule has 118 valence electrons. The Kier molecular flexibility index (Phi) is 4.66. The Hall–Kier alpha value is -1.83. The van der Waals surface area contributed by atoms with Gasteiger partial charge in [0.05, 0.1) is 6.10 Å². The second-order valence-corrected chi connectivity index (χ2v) is 5.62. The van der Waals surface area contributed by atoms with Crippen molar-refractivity contribution in [2.75, 3.05) is 33.2 Å². The molecule has 8 nitrogen and oxygen atoms in total. The lowest BCUT2D eigenvalue weighted by Gasteiger charge is -2.28. The number of carboxylic acid groups (broad SMARTS) is 1. The highest BCUT2D eigenvalue weighted by atomic mass is 16.4.